The maximum absolute atomic E-state index is 10.5. The number of aryl methyl sites for hydroxylation is 1. The van der Waals surface area contributed by atoms with Gasteiger partial charge >= 0.3 is 0 Å². The fourth-order valence-electron chi connectivity index (χ4n) is 3.18. The molecule has 1 aliphatic heterocycles. The van der Waals surface area contributed by atoms with E-state index in [-0.39, 0.29) is 6.04 Å². The molecule has 1 saturated heterocycles. The lowest BCUT2D eigenvalue weighted by molar-refractivity contribution is 0.0977. The Kier molecular flexibility index (Phi) is 6.31. The Bertz CT molecular complexity index is 630. The molecule has 0 spiro atoms. The number of nitrogens with one attached hydrogen (secondary N) is 1. The van der Waals surface area contributed by atoms with Crippen molar-refractivity contribution >= 4 is 5.69 Å². The van der Waals surface area contributed by atoms with Gasteiger partial charge in [-0.1, -0.05) is 31.2 Å². The number of aliphatic hydroxyl groups excluding tert-OH is 1. The van der Waals surface area contributed by atoms with Gasteiger partial charge in [-0.3, -0.25) is 0 Å². The van der Waals surface area contributed by atoms with Crippen molar-refractivity contribution in [2.24, 2.45) is 0 Å². The summed E-state index contributed by atoms with van der Waals surface area (Å²) >= 11 is 0. The summed E-state index contributed by atoms with van der Waals surface area (Å²) in [6, 6.07) is 19.2. The summed E-state index contributed by atoms with van der Waals surface area (Å²) in [6.07, 6.45) is 1.25. The van der Waals surface area contributed by atoms with Crippen LogP contribution in [0.25, 0.3) is 0 Å². The number of hydrogen-bond donors (Lipinski definition) is 2. The van der Waals surface area contributed by atoms with Crippen molar-refractivity contribution in [3.8, 4) is 5.75 Å². The number of benzene rings is 2. The van der Waals surface area contributed by atoms with Crippen molar-refractivity contribution in [3.05, 3.63) is 60.2 Å². The Morgan fingerprint density at radius 2 is 2.00 bits per heavy atom. The summed E-state index contributed by atoms with van der Waals surface area (Å²) in [5.41, 5.74) is 2.58. The molecule has 0 amide bonds. The number of anilines is 1. The highest BCUT2D eigenvalue weighted by molar-refractivity contribution is 5.48. The van der Waals surface area contributed by atoms with Crippen LogP contribution in [0.5, 0.6) is 5.75 Å². The van der Waals surface area contributed by atoms with Gasteiger partial charge in [0.2, 0.25) is 0 Å². The minimum Gasteiger partial charge on any atom is -0.493 e. The van der Waals surface area contributed by atoms with Crippen LogP contribution < -0.4 is 15.0 Å². The van der Waals surface area contributed by atoms with Crippen LogP contribution in [-0.4, -0.2) is 43.5 Å². The first-order valence-corrected chi connectivity index (χ1v) is 9.10. The molecule has 0 unspecified atom stereocenters. The first kappa shape index (κ1) is 17.8. The van der Waals surface area contributed by atoms with E-state index < -0.39 is 6.10 Å². The van der Waals surface area contributed by atoms with Gasteiger partial charge in [-0.15, -0.1) is 0 Å². The fraction of sp³-hybridized carbons (Fsp3) is 0.429. The monoisotopic (exact) mass is 339 g/mol. The van der Waals surface area contributed by atoms with E-state index in [0.717, 1.165) is 31.8 Å². The second kappa shape index (κ2) is 8.88. The van der Waals surface area contributed by atoms with E-state index in [4.69, 9.17) is 4.74 Å². The van der Waals surface area contributed by atoms with E-state index in [1.807, 2.05) is 24.3 Å². The Morgan fingerprint density at radius 3 is 2.72 bits per heavy atom. The normalized spacial score (nSPS) is 18.8. The topological polar surface area (TPSA) is 44.7 Å². The Balaban J connectivity index is 1.49. The predicted octanol–water partition coefficient (Wildman–Crippen LogP) is 2.66. The van der Waals surface area contributed by atoms with Crippen molar-refractivity contribution in [2.45, 2.75) is 31.9 Å². The zero-order valence-electron chi connectivity index (χ0n) is 14.8. The minimum atomic E-state index is -0.423. The van der Waals surface area contributed by atoms with Gasteiger partial charge in [-0.05, 0) is 42.3 Å². The van der Waals surface area contributed by atoms with Crippen LogP contribution in [0.1, 0.15) is 18.9 Å². The zero-order chi connectivity index (χ0) is 17.5. The lowest BCUT2D eigenvalue weighted by atomic mass is 10.0. The molecular weight excluding hydrogens is 312 g/mol. The molecule has 4 nitrogen and oxygen atoms in total. The molecule has 0 saturated carbocycles. The largest absolute Gasteiger partial charge is 0.493 e. The Morgan fingerprint density at radius 1 is 1.24 bits per heavy atom. The number of nitrogens with zero attached hydrogens (tertiary/aromatic N) is 1. The SMILES string of the molecule is CCc1ccc(N2CCN[C@@H]([C@H](O)CCOc3cc[c]cc3)C2)cc1. The van der Waals surface area contributed by atoms with Crippen LogP contribution >= 0.6 is 0 Å². The van der Waals surface area contributed by atoms with Crippen LogP contribution in [0.4, 0.5) is 5.69 Å². The zero-order valence-corrected chi connectivity index (χ0v) is 14.8. The van der Waals surface area contributed by atoms with Crippen LogP contribution in [0, 0.1) is 6.07 Å². The molecule has 3 rings (SSSR count). The number of aliphatic hydroxyl groups is 1. The summed E-state index contributed by atoms with van der Waals surface area (Å²) in [5, 5.41) is 14.0. The van der Waals surface area contributed by atoms with Crippen molar-refractivity contribution in [1.82, 2.24) is 5.32 Å². The summed E-state index contributed by atoms with van der Waals surface area (Å²) in [4.78, 5) is 2.34. The highest BCUT2D eigenvalue weighted by atomic mass is 16.5. The molecule has 4 heteroatoms. The predicted molar refractivity (Wildman–Crippen MR) is 101 cm³/mol. The summed E-state index contributed by atoms with van der Waals surface area (Å²) in [7, 11) is 0. The minimum absolute atomic E-state index is 0.0623. The van der Waals surface area contributed by atoms with Crippen molar-refractivity contribution in [2.75, 3.05) is 31.1 Å². The van der Waals surface area contributed by atoms with E-state index in [1.165, 1.54) is 11.3 Å². The number of hydrogen-bond acceptors (Lipinski definition) is 4. The third-order valence-corrected chi connectivity index (χ3v) is 4.75. The van der Waals surface area contributed by atoms with Crippen LogP contribution in [-0.2, 0) is 6.42 Å². The standard InChI is InChI=1S/C21H27N2O2/c1-2-17-8-10-18(11-9-17)23-14-13-22-20(16-23)21(24)12-15-25-19-6-4-3-5-7-19/h4-11,20-22,24H,2,12-16H2,1H3/t20-,21-/m1/s1. The maximum atomic E-state index is 10.5. The van der Waals surface area contributed by atoms with Gasteiger partial charge < -0.3 is 20.1 Å². The van der Waals surface area contributed by atoms with Gasteiger partial charge in [-0.2, -0.15) is 0 Å². The lowest BCUT2D eigenvalue weighted by Gasteiger charge is -2.37. The van der Waals surface area contributed by atoms with E-state index >= 15 is 0 Å². The van der Waals surface area contributed by atoms with Crippen LogP contribution in [0.15, 0.2) is 48.5 Å². The molecule has 1 fully saturated rings. The average molecular weight is 339 g/mol. The molecule has 2 aromatic rings. The molecule has 1 radical (unpaired) electrons. The molecule has 2 aromatic carbocycles. The number of piperazine rings is 1. The summed E-state index contributed by atoms with van der Waals surface area (Å²) in [6.45, 7) is 5.34. The molecule has 0 aliphatic carbocycles. The van der Waals surface area contributed by atoms with Crippen molar-refractivity contribution < 1.29 is 9.84 Å². The van der Waals surface area contributed by atoms with E-state index in [9.17, 15) is 5.11 Å². The molecule has 0 aromatic heterocycles. The summed E-state index contributed by atoms with van der Waals surface area (Å²) in [5.74, 6) is 0.820. The smallest absolute Gasteiger partial charge is 0.119 e. The van der Waals surface area contributed by atoms with Gasteiger partial charge in [0.1, 0.15) is 5.75 Å². The van der Waals surface area contributed by atoms with Gasteiger partial charge in [0, 0.05) is 31.7 Å². The second-order valence-electron chi connectivity index (χ2n) is 6.47. The Hall–Kier alpha value is -2.04. The maximum Gasteiger partial charge on any atom is 0.119 e. The summed E-state index contributed by atoms with van der Waals surface area (Å²) < 4.78 is 5.68. The highest BCUT2D eigenvalue weighted by Crippen LogP contribution is 2.19. The van der Waals surface area contributed by atoms with Crippen molar-refractivity contribution in [1.29, 1.82) is 0 Å². The van der Waals surface area contributed by atoms with E-state index in [1.54, 1.807) is 0 Å². The van der Waals surface area contributed by atoms with Gasteiger partial charge in [0.25, 0.3) is 0 Å². The molecular formula is C21H27N2O2. The molecule has 133 valence electrons. The molecule has 25 heavy (non-hydrogen) atoms. The van der Waals surface area contributed by atoms with Crippen LogP contribution in [0.3, 0.4) is 0 Å². The quantitative estimate of drug-likeness (QED) is 0.814. The van der Waals surface area contributed by atoms with E-state index in [0.29, 0.717) is 13.0 Å². The van der Waals surface area contributed by atoms with Gasteiger partial charge in [-0.25, -0.2) is 0 Å². The molecule has 2 N–H and O–H groups in total. The first-order chi connectivity index (χ1) is 12.3. The molecule has 2 atom stereocenters. The van der Waals surface area contributed by atoms with Gasteiger partial charge in [0.15, 0.2) is 0 Å². The number of ether oxygens (including phenoxy) is 1. The number of rotatable bonds is 7. The Labute approximate surface area is 150 Å². The molecule has 0 bridgehead atoms. The third-order valence-electron chi connectivity index (χ3n) is 4.75. The fourth-order valence-corrected chi connectivity index (χ4v) is 3.18. The second-order valence-corrected chi connectivity index (χ2v) is 6.47. The van der Waals surface area contributed by atoms with Crippen molar-refractivity contribution in [3.63, 3.8) is 0 Å². The van der Waals surface area contributed by atoms with E-state index in [2.05, 4.69) is 47.5 Å². The van der Waals surface area contributed by atoms with Gasteiger partial charge in [0.05, 0.1) is 18.8 Å². The third kappa shape index (κ3) is 4.97. The molecule has 1 aliphatic rings. The lowest BCUT2D eigenvalue weighted by Crippen LogP contribution is -2.56. The van der Waals surface area contributed by atoms with Crippen LogP contribution in [0.2, 0.25) is 0 Å². The average Bonchev–Trinajstić information content (AvgIpc) is 2.69. The first-order valence-electron chi connectivity index (χ1n) is 9.10. The molecule has 1 heterocycles. The highest BCUT2D eigenvalue weighted by Gasteiger charge is 2.25.